The van der Waals surface area contributed by atoms with Gasteiger partial charge in [0.1, 0.15) is 62.9 Å². The number of aromatic hydroxyl groups is 1. The minimum Gasteiger partial charge on any atom is -1.00 e. The number of hydrogen-bond acceptors (Lipinski definition) is 19. The summed E-state index contributed by atoms with van der Waals surface area (Å²) < 4.78 is 92.7. The smallest absolute Gasteiger partial charge is 1.00 e. The van der Waals surface area contributed by atoms with Crippen LogP contribution < -0.4 is 179 Å². The number of rotatable bonds is 14. The van der Waals surface area contributed by atoms with Crippen LogP contribution in [0.15, 0.2) is 218 Å². The quantitative estimate of drug-likeness (QED) is 0.0537. The van der Waals surface area contributed by atoms with Crippen LogP contribution in [0.2, 0.25) is 0 Å². The van der Waals surface area contributed by atoms with E-state index in [2.05, 4.69) is 148 Å². The summed E-state index contributed by atoms with van der Waals surface area (Å²) in [6.45, 7) is 29.4. The first-order valence-corrected chi connectivity index (χ1v) is 37.6. The predicted molar refractivity (Wildman–Crippen MR) is 428 cm³/mol. The molecule has 7 N–H and O–H groups in total. The Balaban J connectivity index is -0.000000400. The fourth-order valence-corrected chi connectivity index (χ4v) is 9.39. The van der Waals surface area contributed by atoms with Gasteiger partial charge in [0.2, 0.25) is 0 Å². The normalized spacial score (nSPS) is 15.2. The van der Waals surface area contributed by atoms with E-state index >= 15 is 0 Å². The molecule has 12 rings (SSSR count). The SMILES string of the molecule is C.C.C.C.C.C1CCOC1.CC(=O)O.CC1(C)OB(c2ccc(CBr)cc2)OC1(C)C.CC1(C)OB(c2ccc(COc3ccccc3)cc2)OC1(C)C.CC1(C)OB(c2ccc(COc3ccccc3)cc2)OC1(C)C.N.OB(O)c1ccc(COc2ccccc2)cc1.Oc1ccccc1.[Cs+].[F-].[Na+].[O-][I+3]([O-])([O-])[O-]. The molecule has 29 heteroatoms. The molecule has 110 heavy (non-hydrogen) atoms. The van der Waals surface area contributed by atoms with Gasteiger partial charge in [-0.1, -0.05) is 223 Å². The minimum absolute atomic E-state index is 0. The molecule has 0 unspecified atom stereocenters. The fourth-order valence-electron chi connectivity index (χ4n) is 9.02. The Labute approximate surface area is 753 Å². The number of para-hydroxylation sites is 4. The molecule has 0 spiro atoms. The summed E-state index contributed by atoms with van der Waals surface area (Å²) in [6, 6.07) is 69.7. The van der Waals surface area contributed by atoms with Crippen molar-refractivity contribution in [2.45, 2.75) is 199 Å². The van der Waals surface area contributed by atoms with E-state index in [9.17, 15) is 0 Å². The van der Waals surface area contributed by atoms with Gasteiger partial charge in [0.05, 0.1) is 33.6 Å². The number of aliphatic carboxylic acids is 1. The molecule has 0 amide bonds. The van der Waals surface area contributed by atoms with Crippen LogP contribution in [0.5, 0.6) is 23.0 Å². The zero-order valence-corrected chi connectivity index (χ0v) is 75.0. The second-order valence-electron chi connectivity index (χ2n) is 26.6. The largest absolute Gasteiger partial charge is 1.00 e. The van der Waals surface area contributed by atoms with Crippen molar-refractivity contribution in [2.24, 2.45) is 0 Å². The molecule has 0 bridgehead atoms. The van der Waals surface area contributed by atoms with Gasteiger partial charge in [-0.05, 0) is 189 Å². The third-order valence-corrected chi connectivity index (χ3v) is 17.6. The van der Waals surface area contributed by atoms with Crippen LogP contribution in [0.25, 0.3) is 0 Å². The van der Waals surface area contributed by atoms with Gasteiger partial charge in [0, 0.05) is 25.5 Å². The molecule has 4 saturated heterocycles. The van der Waals surface area contributed by atoms with Crippen LogP contribution in [0.1, 0.15) is 162 Å². The molecule has 20 nitrogen and oxygen atoms in total. The van der Waals surface area contributed by atoms with Gasteiger partial charge in [-0.2, -0.15) is 0 Å². The molecule has 596 valence electrons. The van der Waals surface area contributed by atoms with Gasteiger partial charge in [-0.25, -0.2) is 0 Å². The molecule has 4 fully saturated rings. The summed E-state index contributed by atoms with van der Waals surface area (Å²) in [7, 11) is -2.31. The Hall–Kier alpha value is -3.68. The van der Waals surface area contributed by atoms with Crippen LogP contribution in [0, 0.1) is 0 Å². The first-order chi connectivity index (χ1) is 47.5. The van der Waals surface area contributed by atoms with Crippen LogP contribution >= 0.6 is 15.9 Å². The first-order valence-electron chi connectivity index (χ1n) is 33.0. The van der Waals surface area contributed by atoms with Gasteiger partial charge in [-0.15, -0.1) is 0 Å². The monoisotopic (exact) mass is 1830 g/mol. The Morgan fingerprint density at radius 1 is 0.436 bits per heavy atom. The topological polar surface area (TPSA) is 318 Å². The molecule has 0 radical (unpaired) electrons. The van der Waals surface area contributed by atoms with E-state index in [4.69, 9.17) is 85.7 Å². The summed E-state index contributed by atoms with van der Waals surface area (Å²) in [6.07, 6.45) is 2.56. The maximum Gasteiger partial charge on any atom is 1.00 e. The molecule has 0 aromatic heterocycles. The van der Waals surface area contributed by atoms with Crippen LogP contribution in [-0.4, -0.2) is 102 Å². The summed E-state index contributed by atoms with van der Waals surface area (Å²) >= 11 is -2.50. The Morgan fingerprint density at radius 2 is 0.645 bits per heavy atom. The zero-order valence-electron chi connectivity index (χ0n) is 63.0. The van der Waals surface area contributed by atoms with Crippen molar-refractivity contribution in [1.82, 2.24) is 6.15 Å². The Bertz CT molecular complexity index is 3460. The number of halogens is 3. The summed E-state index contributed by atoms with van der Waals surface area (Å²) in [4.78, 5) is 9.00. The van der Waals surface area contributed by atoms with E-state index < -0.39 is 33.2 Å². The van der Waals surface area contributed by atoms with E-state index in [0.29, 0.717) is 31.0 Å². The van der Waals surface area contributed by atoms with Gasteiger partial charge in [-0.3, -0.25) is 18.5 Å². The van der Waals surface area contributed by atoms with Crippen molar-refractivity contribution < 1.29 is 209 Å². The van der Waals surface area contributed by atoms with E-state index in [1.807, 2.05) is 133 Å². The average molecular weight is 1830 g/mol. The number of benzene rings is 8. The van der Waals surface area contributed by atoms with Gasteiger partial charge >= 0.3 is 127 Å². The molecular weight excluding hydrogens is 1720 g/mol. The molecule has 0 saturated carbocycles. The number of carboxylic acid groups (broad SMARTS) is 1. The molecule has 4 heterocycles. The molecule has 4 aliphatic heterocycles. The van der Waals surface area contributed by atoms with Crippen molar-refractivity contribution in [1.29, 1.82) is 0 Å². The van der Waals surface area contributed by atoms with Gasteiger partial charge in [0.15, 0.2) is 0 Å². The van der Waals surface area contributed by atoms with E-state index in [-0.39, 0.29) is 201 Å². The molecule has 0 atom stereocenters. The number of alkyl halides is 1. The van der Waals surface area contributed by atoms with E-state index in [1.54, 1.807) is 36.4 Å². The average Bonchev–Trinajstić information content (AvgIpc) is 1.64. The summed E-state index contributed by atoms with van der Waals surface area (Å²) in [5.41, 5.74) is 6.31. The molecule has 4 aliphatic rings. The number of hydrogen-bond donors (Lipinski definition) is 5. The maximum atomic E-state index is 9.00. The van der Waals surface area contributed by atoms with Gasteiger partial charge in [0.25, 0.3) is 5.97 Å². The molecule has 8 aromatic rings. The van der Waals surface area contributed by atoms with Crippen molar-refractivity contribution in [3.8, 4) is 23.0 Å². The molecular formula is C81H118B4BrCsFINNaO19. The number of carbonyl (C=O) groups is 1. The number of phenolic OH excluding ortho intramolecular Hbond substituents is 1. The minimum atomic E-state index is -5.94. The van der Waals surface area contributed by atoms with Crippen molar-refractivity contribution in [2.75, 3.05) is 13.2 Å². The zero-order chi connectivity index (χ0) is 74.5. The third kappa shape index (κ3) is 41.8. The van der Waals surface area contributed by atoms with Crippen LogP contribution in [0.4, 0.5) is 0 Å². The molecule has 8 aromatic carbocycles. The Morgan fingerprint density at radius 3 is 0.827 bits per heavy atom. The fraction of sp³-hybridized carbons (Fsp3) is 0.395. The van der Waals surface area contributed by atoms with Crippen molar-refractivity contribution >= 4 is 72.2 Å². The van der Waals surface area contributed by atoms with Crippen molar-refractivity contribution in [3.05, 3.63) is 241 Å². The predicted octanol–water partition coefficient (Wildman–Crippen LogP) is -0.162. The second-order valence-corrected chi connectivity index (χ2v) is 29.3. The van der Waals surface area contributed by atoms with Crippen LogP contribution in [0.3, 0.4) is 0 Å². The summed E-state index contributed by atoms with van der Waals surface area (Å²) in [5, 5.41) is 34.8. The maximum absolute atomic E-state index is 9.00. The molecule has 0 aliphatic carbocycles. The van der Waals surface area contributed by atoms with Gasteiger partial charge < -0.3 is 78.0 Å². The number of phenols is 1. The van der Waals surface area contributed by atoms with Crippen molar-refractivity contribution in [3.63, 3.8) is 0 Å². The number of carboxylic acids is 1. The third-order valence-electron chi connectivity index (χ3n) is 17.0. The first kappa shape index (κ1) is 115. The number of ether oxygens (including phenoxy) is 4. The standard InChI is InChI=1S/2C19H23BO3.C13H18BBrO2.C13H13BO3.C6H6O.C4H8O.C2H4O2.5CH4.Cs.FH.IO4.H3N.Na/c2*1-18(2)19(3,4)23-20(22-18)16-12-10-15(11-13-16)14-21-17-8-6-5-7-9-17;1-12(2)13(3,4)17-14(16-12)11-7-5-10(9-15)6-8-11;15-14(16)12-8-6-11(7-9-12)10-17-13-4-2-1-3-5-13;7-6-4-2-1-3-5-6;1-2-4-5-3-1;1-2(3)4;;;;;;;;2-1(3,4)5;;/h2*5-13H,14H2,1-4H3;5-8H,9H2,1-4H3;1-9,15-16H,10H2;1-5,7H;1-4H2;1H3,(H,3,4);5*1H4;;1H;;1H3;/q;;;;;;;;;;;;+1;;-1;;+1/p-1. The van der Waals surface area contributed by atoms with Crippen LogP contribution in [-0.2, 0) is 62.6 Å². The Kier molecular flexibility index (Phi) is 58.3. The second kappa shape index (κ2) is 55.8. The van der Waals surface area contributed by atoms with E-state index in [1.165, 1.54) is 18.4 Å². The summed E-state index contributed by atoms with van der Waals surface area (Å²) in [5.74, 6) is 2.06. The van der Waals surface area contributed by atoms with E-state index in [0.717, 1.165) is 75.8 Å².